The topological polar surface area (TPSA) is 61.9 Å². The zero-order valence-corrected chi connectivity index (χ0v) is 17.5. The smallest absolute Gasteiger partial charge is 0.227 e. The Balaban J connectivity index is 1.30. The number of benzene rings is 2. The molecule has 0 radical (unpaired) electrons. The molecule has 0 aliphatic carbocycles. The van der Waals surface area contributed by atoms with E-state index < -0.39 is 0 Å². The Labute approximate surface area is 177 Å². The van der Waals surface area contributed by atoms with Crippen molar-refractivity contribution >= 4 is 23.2 Å². The van der Waals surface area contributed by atoms with Crippen molar-refractivity contribution in [3.8, 4) is 0 Å². The van der Waals surface area contributed by atoms with Gasteiger partial charge >= 0.3 is 0 Å². The first-order valence-electron chi connectivity index (χ1n) is 10.7. The van der Waals surface area contributed by atoms with Crippen LogP contribution in [0.5, 0.6) is 0 Å². The highest BCUT2D eigenvalue weighted by atomic mass is 16.5. The van der Waals surface area contributed by atoms with Crippen LogP contribution in [0.1, 0.15) is 24.5 Å². The van der Waals surface area contributed by atoms with Crippen molar-refractivity contribution < 1.29 is 14.3 Å². The number of ether oxygens (including phenoxy) is 1. The van der Waals surface area contributed by atoms with Crippen LogP contribution in [0, 0.1) is 5.92 Å². The monoisotopic (exact) mass is 407 g/mol. The van der Waals surface area contributed by atoms with Crippen molar-refractivity contribution in [2.75, 3.05) is 42.6 Å². The van der Waals surface area contributed by atoms with Gasteiger partial charge in [-0.25, -0.2) is 0 Å². The predicted octanol–water partition coefficient (Wildman–Crippen LogP) is 2.75. The van der Waals surface area contributed by atoms with Gasteiger partial charge in [0, 0.05) is 44.0 Å². The van der Waals surface area contributed by atoms with Crippen LogP contribution in [0.15, 0.2) is 48.5 Å². The molecule has 1 atom stereocenters. The minimum atomic E-state index is -0.309. The zero-order valence-electron chi connectivity index (χ0n) is 17.5. The maximum Gasteiger partial charge on any atom is 0.227 e. The van der Waals surface area contributed by atoms with Gasteiger partial charge in [-0.15, -0.1) is 0 Å². The van der Waals surface area contributed by atoms with E-state index in [0.717, 1.165) is 44.0 Å². The molecule has 2 fully saturated rings. The van der Waals surface area contributed by atoms with Gasteiger partial charge in [0.2, 0.25) is 11.8 Å². The van der Waals surface area contributed by atoms with E-state index >= 15 is 0 Å². The highest BCUT2D eigenvalue weighted by Gasteiger charge is 2.34. The second kappa shape index (κ2) is 9.30. The maximum absolute atomic E-state index is 12.6. The fourth-order valence-electron chi connectivity index (χ4n) is 4.02. The number of hydrogen-bond acceptors (Lipinski definition) is 4. The van der Waals surface area contributed by atoms with Crippen molar-refractivity contribution in [2.45, 2.75) is 26.3 Å². The predicted molar refractivity (Wildman–Crippen MR) is 118 cm³/mol. The highest BCUT2D eigenvalue weighted by molar-refractivity contribution is 6.00. The van der Waals surface area contributed by atoms with Crippen LogP contribution in [0.2, 0.25) is 0 Å². The summed E-state index contributed by atoms with van der Waals surface area (Å²) in [7, 11) is 0. The van der Waals surface area contributed by atoms with Gasteiger partial charge in [-0.1, -0.05) is 31.2 Å². The number of aryl methyl sites for hydroxylation is 1. The lowest BCUT2D eigenvalue weighted by atomic mass is 10.1. The first-order valence-corrected chi connectivity index (χ1v) is 10.7. The highest BCUT2D eigenvalue weighted by Crippen LogP contribution is 2.26. The third-order valence-corrected chi connectivity index (χ3v) is 5.93. The third kappa shape index (κ3) is 4.65. The largest absolute Gasteiger partial charge is 0.378 e. The molecule has 0 saturated carbocycles. The lowest BCUT2D eigenvalue weighted by Crippen LogP contribution is -2.36. The SMILES string of the molecule is CCc1ccc(N2CC(C(=O)NCc3ccc(N4CCOCC4)cc3)CC2=O)cc1. The number of hydrogen-bond donors (Lipinski definition) is 1. The first-order chi connectivity index (χ1) is 14.6. The summed E-state index contributed by atoms with van der Waals surface area (Å²) in [5.74, 6) is -0.362. The summed E-state index contributed by atoms with van der Waals surface area (Å²) in [6.07, 6.45) is 1.23. The molecule has 2 aliphatic heterocycles. The fraction of sp³-hybridized carbons (Fsp3) is 0.417. The summed E-state index contributed by atoms with van der Waals surface area (Å²) in [5.41, 5.74) is 4.33. The number of rotatable bonds is 6. The van der Waals surface area contributed by atoms with Gasteiger partial charge in [0.05, 0.1) is 19.1 Å². The van der Waals surface area contributed by atoms with Crippen molar-refractivity contribution in [1.82, 2.24) is 5.32 Å². The van der Waals surface area contributed by atoms with E-state index in [2.05, 4.69) is 29.3 Å². The Morgan fingerprint density at radius 2 is 1.63 bits per heavy atom. The quantitative estimate of drug-likeness (QED) is 0.800. The van der Waals surface area contributed by atoms with E-state index in [1.165, 1.54) is 11.3 Å². The molecule has 2 aromatic rings. The van der Waals surface area contributed by atoms with Crippen LogP contribution in [-0.2, 0) is 27.3 Å². The van der Waals surface area contributed by atoms with Crippen LogP contribution in [0.3, 0.4) is 0 Å². The molecule has 1 unspecified atom stereocenters. The van der Waals surface area contributed by atoms with Crippen molar-refractivity contribution in [1.29, 1.82) is 0 Å². The molecule has 158 valence electrons. The molecule has 2 saturated heterocycles. The van der Waals surface area contributed by atoms with Crippen LogP contribution >= 0.6 is 0 Å². The van der Waals surface area contributed by atoms with Gasteiger partial charge in [0.1, 0.15) is 0 Å². The fourth-order valence-corrected chi connectivity index (χ4v) is 4.02. The first kappa shape index (κ1) is 20.4. The van der Waals surface area contributed by atoms with E-state index in [1.54, 1.807) is 4.90 Å². The Morgan fingerprint density at radius 3 is 2.30 bits per heavy atom. The molecule has 0 aromatic heterocycles. The Hall–Kier alpha value is -2.86. The summed E-state index contributed by atoms with van der Waals surface area (Å²) in [4.78, 5) is 29.1. The lowest BCUT2D eigenvalue weighted by Gasteiger charge is -2.28. The summed E-state index contributed by atoms with van der Waals surface area (Å²) in [5, 5.41) is 3.00. The molecular weight excluding hydrogens is 378 g/mol. The van der Waals surface area contributed by atoms with E-state index in [4.69, 9.17) is 4.74 Å². The van der Waals surface area contributed by atoms with E-state index in [1.807, 2.05) is 36.4 Å². The lowest BCUT2D eigenvalue weighted by molar-refractivity contribution is -0.126. The molecule has 4 rings (SSSR count). The zero-order chi connectivity index (χ0) is 20.9. The van der Waals surface area contributed by atoms with Gasteiger partial charge in [0.25, 0.3) is 0 Å². The van der Waals surface area contributed by atoms with Gasteiger partial charge in [0.15, 0.2) is 0 Å². The van der Waals surface area contributed by atoms with Gasteiger partial charge in [-0.3, -0.25) is 9.59 Å². The minimum Gasteiger partial charge on any atom is -0.378 e. The molecule has 6 heteroatoms. The van der Waals surface area contributed by atoms with Gasteiger partial charge in [-0.05, 0) is 41.8 Å². The minimum absolute atomic E-state index is 0.00858. The van der Waals surface area contributed by atoms with Crippen LogP contribution in [0.4, 0.5) is 11.4 Å². The van der Waals surface area contributed by atoms with E-state index in [9.17, 15) is 9.59 Å². The van der Waals surface area contributed by atoms with E-state index in [0.29, 0.717) is 13.1 Å². The van der Waals surface area contributed by atoms with Crippen LogP contribution in [-0.4, -0.2) is 44.7 Å². The summed E-state index contributed by atoms with van der Waals surface area (Å²) >= 11 is 0. The summed E-state index contributed by atoms with van der Waals surface area (Å²) in [6, 6.07) is 16.3. The van der Waals surface area contributed by atoms with E-state index in [-0.39, 0.29) is 24.2 Å². The number of anilines is 2. The number of nitrogens with zero attached hydrogens (tertiary/aromatic N) is 2. The van der Waals surface area contributed by atoms with Gasteiger partial charge in [-0.2, -0.15) is 0 Å². The third-order valence-electron chi connectivity index (χ3n) is 5.93. The molecule has 0 spiro atoms. The molecule has 30 heavy (non-hydrogen) atoms. The molecular formula is C24H29N3O3. The summed E-state index contributed by atoms with van der Waals surface area (Å²) in [6.45, 7) is 6.35. The molecule has 2 aliphatic rings. The number of morpholine rings is 1. The van der Waals surface area contributed by atoms with Crippen LogP contribution < -0.4 is 15.1 Å². The average molecular weight is 408 g/mol. The summed E-state index contributed by atoms with van der Waals surface area (Å²) < 4.78 is 5.40. The van der Waals surface area contributed by atoms with Crippen molar-refractivity contribution in [3.05, 3.63) is 59.7 Å². The average Bonchev–Trinajstić information content (AvgIpc) is 3.20. The molecule has 2 heterocycles. The normalized spacial score (nSPS) is 19.2. The van der Waals surface area contributed by atoms with Crippen LogP contribution in [0.25, 0.3) is 0 Å². The van der Waals surface area contributed by atoms with Crippen molar-refractivity contribution in [3.63, 3.8) is 0 Å². The number of carbonyl (C=O) groups excluding carboxylic acids is 2. The molecule has 2 aromatic carbocycles. The van der Waals surface area contributed by atoms with Crippen molar-refractivity contribution in [2.24, 2.45) is 5.92 Å². The Kier molecular flexibility index (Phi) is 6.33. The molecule has 1 N–H and O–H groups in total. The molecule has 2 amide bonds. The number of amides is 2. The molecule has 6 nitrogen and oxygen atoms in total. The van der Waals surface area contributed by atoms with Gasteiger partial charge < -0.3 is 19.9 Å². The standard InChI is InChI=1S/C24H29N3O3/c1-2-18-3-9-22(10-4-18)27-17-20(15-23(27)28)24(29)25-16-19-5-7-21(8-6-19)26-11-13-30-14-12-26/h3-10,20H,2,11-17H2,1H3,(H,25,29). The second-order valence-corrected chi connectivity index (χ2v) is 7.91. The Morgan fingerprint density at radius 1 is 1.00 bits per heavy atom. The Bertz CT molecular complexity index is 874. The number of carbonyl (C=O) groups is 2. The molecule has 0 bridgehead atoms. The maximum atomic E-state index is 12.6. The second-order valence-electron chi connectivity index (χ2n) is 7.91. The number of nitrogens with one attached hydrogen (secondary N) is 1.